The van der Waals surface area contributed by atoms with Crippen molar-refractivity contribution in [2.45, 2.75) is 3.23 Å². The summed E-state index contributed by atoms with van der Waals surface area (Å²) in [4.78, 5) is 17.4. The van der Waals surface area contributed by atoms with Crippen LogP contribution in [0.25, 0.3) is 0 Å². The summed E-state index contributed by atoms with van der Waals surface area (Å²) in [6, 6.07) is 4.55. The van der Waals surface area contributed by atoms with Crippen LogP contribution in [0, 0.1) is 0 Å². The number of amidine groups is 1. The van der Waals surface area contributed by atoms with Crippen molar-refractivity contribution in [2.24, 2.45) is 4.99 Å². The van der Waals surface area contributed by atoms with Gasteiger partial charge in [0.1, 0.15) is 11.4 Å². The Hall–Kier alpha value is 0.260. The zero-order chi connectivity index (χ0) is 21.0. The molecule has 0 unspecified atom stereocenters. The lowest BCUT2D eigenvalue weighted by Crippen LogP contribution is -2.36. The van der Waals surface area contributed by atoms with Crippen LogP contribution in [-0.4, -0.2) is 15.0 Å². The number of nitrogens with two attached hydrogens (primary N) is 1. The van der Waals surface area contributed by atoms with E-state index in [0.717, 1.165) is 5.01 Å². The minimum absolute atomic E-state index is 0.183. The standard InChI is InChI=1S/C15H6Br4Cl4N4O/c16-5-3-6(21)11(9(17)10(5)24)25-13-15(18,19)14(28)27(26-13)12-7(22)1-4(20)2-8(12)23/h1-3H,24H2,(H,25,26). The molecule has 1 amide bonds. The van der Waals surface area contributed by atoms with Crippen molar-refractivity contribution in [1.29, 1.82) is 0 Å². The Labute approximate surface area is 213 Å². The van der Waals surface area contributed by atoms with Crippen molar-refractivity contribution in [2.75, 3.05) is 10.7 Å². The van der Waals surface area contributed by atoms with Crippen molar-refractivity contribution in [3.05, 3.63) is 47.2 Å². The molecule has 28 heavy (non-hydrogen) atoms. The maximum absolute atomic E-state index is 13.0. The lowest BCUT2D eigenvalue weighted by atomic mass is 10.2. The van der Waals surface area contributed by atoms with Gasteiger partial charge < -0.3 is 5.73 Å². The fourth-order valence-corrected chi connectivity index (χ4v) is 5.67. The minimum atomic E-state index is -1.38. The number of amides is 1. The number of benzene rings is 2. The van der Waals surface area contributed by atoms with Crippen LogP contribution < -0.4 is 16.2 Å². The van der Waals surface area contributed by atoms with E-state index in [4.69, 9.17) is 52.1 Å². The first kappa shape index (κ1) is 22.9. The van der Waals surface area contributed by atoms with E-state index in [0.29, 0.717) is 30.4 Å². The average Bonchev–Trinajstić information content (AvgIpc) is 2.79. The van der Waals surface area contributed by atoms with Gasteiger partial charge in [0.05, 0.1) is 25.2 Å². The average molecular weight is 720 g/mol. The van der Waals surface area contributed by atoms with Crippen molar-refractivity contribution < 1.29 is 4.79 Å². The number of aliphatic imine (C=N–C) groups is 1. The number of nitrogens with zero attached hydrogens (tertiary/aromatic N) is 2. The number of rotatable bonds is 2. The number of halogens is 8. The number of hydrogen-bond acceptors (Lipinski definition) is 3. The first-order valence-corrected chi connectivity index (χ1v) is 11.8. The van der Waals surface area contributed by atoms with E-state index in [1.165, 1.54) is 12.1 Å². The molecule has 0 bridgehead atoms. The van der Waals surface area contributed by atoms with E-state index < -0.39 is 9.14 Å². The highest BCUT2D eigenvalue weighted by Gasteiger charge is 2.50. The lowest BCUT2D eigenvalue weighted by Gasteiger charge is -2.19. The Morgan fingerprint density at radius 3 is 2.18 bits per heavy atom. The van der Waals surface area contributed by atoms with Gasteiger partial charge in [-0.3, -0.25) is 10.2 Å². The van der Waals surface area contributed by atoms with Crippen LogP contribution in [0.15, 0.2) is 32.1 Å². The summed E-state index contributed by atoms with van der Waals surface area (Å²) in [5.41, 5.74) is 9.85. The number of nitrogen functional groups attached to an aromatic ring is 1. The van der Waals surface area contributed by atoms with Gasteiger partial charge in [0, 0.05) is 9.50 Å². The predicted octanol–water partition coefficient (Wildman–Crippen LogP) is 7.47. The molecule has 1 heterocycles. The van der Waals surface area contributed by atoms with Crippen molar-refractivity contribution >= 4 is 139 Å². The van der Waals surface area contributed by atoms with E-state index in [-0.39, 0.29) is 21.6 Å². The molecule has 0 saturated carbocycles. The number of alkyl halides is 2. The Morgan fingerprint density at radius 2 is 1.61 bits per heavy atom. The number of nitrogens with one attached hydrogen (secondary N) is 1. The molecule has 0 spiro atoms. The number of carbonyl (C=O) groups is 1. The third-order valence-electron chi connectivity index (χ3n) is 3.60. The fourth-order valence-electron chi connectivity index (χ4n) is 2.28. The van der Waals surface area contributed by atoms with E-state index in [1.807, 2.05) is 0 Å². The van der Waals surface area contributed by atoms with Crippen LogP contribution in [0.3, 0.4) is 0 Å². The van der Waals surface area contributed by atoms with Crippen LogP contribution in [0.4, 0.5) is 17.1 Å². The van der Waals surface area contributed by atoms with Gasteiger partial charge in [-0.15, -0.1) is 0 Å². The van der Waals surface area contributed by atoms with Crippen molar-refractivity contribution in [3.8, 4) is 0 Å². The number of carbonyl (C=O) groups excluding carboxylic acids is 1. The molecular formula is C15H6Br4Cl4N4O. The number of hydrazine groups is 1. The molecule has 1 aliphatic rings. The summed E-state index contributed by atoms with van der Waals surface area (Å²) in [5.74, 6) is -0.279. The van der Waals surface area contributed by atoms with Gasteiger partial charge >= 0.3 is 0 Å². The molecule has 0 aliphatic carbocycles. The molecule has 0 aromatic heterocycles. The fraction of sp³-hybridized carbons (Fsp3) is 0.0667. The maximum Gasteiger partial charge on any atom is 0.281 e. The number of anilines is 2. The summed E-state index contributed by atoms with van der Waals surface area (Å²) >= 11 is 38.1. The van der Waals surface area contributed by atoms with Crippen molar-refractivity contribution in [3.63, 3.8) is 0 Å². The molecule has 5 nitrogen and oxygen atoms in total. The third kappa shape index (κ3) is 4.06. The van der Waals surface area contributed by atoms with Crippen molar-refractivity contribution in [1.82, 2.24) is 5.43 Å². The molecule has 2 aromatic rings. The SMILES string of the molecule is Nc1c(Br)cc(Cl)c(N=C2NN(c3c(Cl)cc(Cl)cc3Cl)C(=O)C2(Br)Br)c1Br. The molecule has 148 valence electrons. The van der Waals surface area contributed by atoms with E-state index in [9.17, 15) is 4.79 Å². The second-order valence-electron chi connectivity index (χ2n) is 5.42. The highest BCUT2D eigenvalue weighted by molar-refractivity contribution is 9.26. The zero-order valence-corrected chi connectivity index (χ0v) is 22.5. The van der Waals surface area contributed by atoms with Gasteiger partial charge in [-0.1, -0.05) is 78.3 Å². The highest BCUT2D eigenvalue weighted by Crippen LogP contribution is 2.46. The molecule has 0 radical (unpaired) electrons. The Bertz CT molecular complexity index is 1020. The highest BCUT2D eigenvalue weighted by atomic mass is 79.9. The molecular weight excluding hydrogens is 714 g/mol. The molecule has 3 N–H and O–H groups in total. The van der Waals surface area contributed by atoms with Gasteiger partial charge in [-0.25, -0.2) is 10.0 Å². The van der Waals surface area contributed by atoms with Gasteiger partial charge in [-0.2, -0.15) is 0 Å². The minimum Gasteiger partial charge on any atom is -0.397 e. The quantitative estimate of drug-likeness (QED) is 0.250. The predicted molar refractivity (Wildman–Crippen MR) is 131 cm³/mol. The Kier molecular flexibility index (Phi) is 6.89. The largest absolute Gasteiger partial charge is 0.397 e. The third-order valence-corrected chi connectivity index (χ3v) is 7.57. The van der Waals surface area contributed by atoms with Gasteiger partial charge in [0.15, 0.2) is 5.84 Å². The zero-order valence-electron chi connectivity index (χ0n) is 13.1. The topological polar surface area (TPSA) is 70.7 Å². The van der Waals surface area contributed by atoms with Gasteiger partial charge in [0.2, 0.25) is 3.23 Å². The van der Waals surface area contributed by atoms with E-state index in [1.54, 1.807) is 6.07 Å². The van der Waals surface area contributed by atoms with Gasteiger partial charge in [-0.05, 0) is 50.1 Å². The van der Waals surface area contributed by atoms with Crippen LogP contribution >= 0.6 is 110 Å². The Morgan fingerprint density at radius 1 is 1.04 bits per heavy atom. The molecule has 1 aliphatic heterocycles. The summed E-state index contributed by atoms with van der Waals surface area (Å²) in [6.45, 7) is 0. The van der Waals surface area contributed by atoms with Crippen LogP contribution in [-0.2, 0) is 4.79 Å². The first-order chi connectivity index (χ1) is 12.9. The molecule has 0 atom stereocenters. The lowest BCUT2D eigenvalue weighted by molar-refractivity contribution is -0.116. The molecule has 3 rings (SSSR count). The van der Waals surface area contributed by atoms with E-state index in [2.05, 4.69) is 74.1 Å². The van der Waals surface area contributed by atoms with E-state index >= 15 is 0 Å². The number of hydrogen-bond donors (Lipinski definition) is 2. The molecule has 1 saturated heterocycles. The van der Waals surface area contributed by atoms with Crippen LogP contribution in [0.5, 0.6) is 0 Å². The summed E-state index contributed by atoms with van der Waals surface area (Å²) in [6.07, 6.45) is 0. The van der Waals surface area contributed by atoms with Crippen LogP contribution in [0.1, 0.15) is 0 Å². The molecule has 2 aromatic carbocycles. The monoisotopic (exact) mass is 714 g/mol. The molecule has 13 heteroatoms. The summed E-state index contributed by atoms with van der Waals surface area (Å²) in [7, 11) is 0. The Balaban J connectivity index is 2.13. The maximum atomic E-state index is 13.0. The first-order valence-electron chi connectivity index (χ1n) is 7.10. The second-order valence-corrected chi connectivity index (χ2v) is 12.2. The smallest absolute Gasteiger partial charge is 0.281 e. The van der Waals surface area contributed by atoms with Crippen LogP contribution in [0.2, 0.25) is 20.1 Å². The molecule has 1 fully saturated rings. The summed E-state index contributed by atoms with van der Waals surface area (Å²) in [5, 5.41) is 2.17. The van der Waals surface area contributed by atoms with Gasteiger partial charge in [0.25, 0.3) is 5.91 Å². The summed E-state index contributed by atoms with van der Waals surface area (Å²) < 4.78 is -0.309. The second kappa shape index (κ2) is 8.42. The normalized spacial score (nSPS) is 17.4.